The van der Waals surface area contributed by atoms with Gasteiger partial charge in [-0.3, -0.25) is 9.78 Å². The van der Waals surface area contributed by atoms with Crippen LogP contribution in [-0.2, 0) is 12.6 Å². The number of fused-ring (bicyclic) bond motifs is 1. The number of hydrogen-bond donors (Lipinski definition) is 2. The average molecular weight is 378 g/mol. The highest BCUT2D eigenvalue weighted by molar-refractivity contribution is 6.05. The van der Waals surface area contributed by atoms with Gasteiger partial charge in [-0.25, -0.2) is 4.98 Å². The molecule has 0 aliphatic heterocycles. The zero-order valence-electron chi connectivity index (χ0n) is 14.4. The van der Waals surface area contributed by atoms with E-state index in [1.54, 1.807) is 30.3 Å². The molecule has 0 saturated carbocycles. The molecule has 0 radical (unpaired) electrons. The van der Waals surface area contributed by atoms with Crippen molar-refractivity contribution in [2.75, 3.05) is 6.54 Å². The zero-order valence-corrected chi connectivity index (χ0v) is 14.4. The number of benzene rings is 1. The molecule has 0 aliphatic rings. The van der Waals surface area contributed by atoms with Crippen molar-refractivity contribution < 1.29 is 23.1 Å². The van der Waals surface area contributed by atoms with Crippen molar-refractivity contribution in [2.45, 2.75) is 18.2 Å². The lowest BCUT2D eigenvalue weighted by Crippen LogP contribution is -2.46. The smallest absolute Gasteiger partial charge is 0.374 e. The molecule has 27 heavy (non-hydrogen) atoms. The number of rotatable bonds is 5. The lowest BCUT2D eigenvalue weighted by Gasteiger charge is -2.29. The first-order valence-electron chi connectivity index (χ1n) is 8.13. The molecule has 2 N–H and O–H groups in total. The Bertz CT molecular complexity index is 965. The number of amides is 1. The van der Waals surface area contributed by atoms with Crippen LogP contribution < -0.4 is 5.32 Å². The van der Waals surface area contributed by atoms with Crippen molar-refractivity contribution in [3.8, 4) is 0 Å². The third-order valence-corrected chi connectivity index (χ3v) is 4.32. The molecular formula is C18H17F3N4O2. The van der Waals surface area contributed by atoms with Gasteiger partial charge in [-0.15, -0.1) is 0 Å². The van der Waals surface area contributed by atoms with Crippen molar-refractivity contribution in [1.82, 2.24) is 19.9 Å². The number of aliphatic hydroxyl groups is 1. The fourth-order valence-electron chi connectivity index (χ4n) is 2.89. The van der Waals surface area contributed by atoms with Gasteiger partial charge in [0.05, 0.1) is 0 Å². The minimum absolute atomic E-state index is 0.112. The van der Waals surface area contributed by atoms with Crippen LogP contribution in [0.4, 0.5) is 13.2 Å². The molecular weight excluding hydrogens is 361 g/mol. The van der Waals surface area contributed by atoms with Gasteiger partial charge in [0.1, 0.15) is 11.5 Å². The Morgan fingerprint density at radius 1 is 1.19 bits per heavy atom. The number of aryl methyl sites for hydroxylation is 1. The van der Waals surface area contributed by atoms with Crippen LogP contribution in [0.3, 0.4) is 0 Å². The maximum atomic E-state index is 13.5. The number of carbonyl (C=O) groups is 1. The number of nitrogens with one attached hydrogen (secondary N) is 1. The minimum Gasteiger partial charge on any atom is -0.374 e. The summed E-state index contributed by atoms with van der Waals surface area (Å²) in [4.78, 5) is 20.0. The van der Waals surface area contributed by atoms with Gasteiger partial charge in [0.2, 0.25) is 5.60 Å². The summed E-state index contributed by atoms with van der Waals surface area (Å²) in [6, 6.07) is 8.79. The average Bonchev–Trinajstić information content (AvgIpc) is 3.06. The van der Waals surface area contributed by atoms with Gasteiger partial charge < -0.3 is 15.0 Å². The third kappa shape index (κ3) is 3.50. The Labute approximate surface area is 152 Å². The fourth-order valence-corrected chi connectivity index (χ4v) is 2.89. The number of aromatic nitrogens is 3. The van der Waals surface area contributed by atoms with Crippen molar-refractivity contribution >= 4 is 16.7 Å². The standard InChI is InChI=1S/C18H17F3N4O2/c1-25-11-10-24-16(25)17(27,18(19,20)21)7-9-23-15(26)14-13-5-3-2-4-12(13)6-8-22-14/h2-6,8,10-11,27H,7,9H2,1H3,(H,23,26). The Balaban J connectivity index is 1.77. The number of halogens is 3. The maximum Gasteiger partial charge on any atom is 0.424 e. The molecule has 9 heteroatoms. The number of carbonyl (C=O) groups excluding carboxylic acids is 1. The molecule has 0 fully saturated rings. The molecule has 2 aromatic heterocycles. The van der Waals surface area contributed by atoms with Gasteiger partial charge in [0.25, 0.3) is 5.91 Å². The molecule has 0 saturated heterocycles. The highest BCUT2D eigenvalue weighted by Crippen LogP contribution is 2.40. The molecule has 0 bridgehead atoms. The topological polar surface area (TPSA) is 80.0 Å². The van der Waals surface area contributed by atoms with Crippen LogP contribution in [0.5, 0.6) is 0 Å². The van der Waals surface area contributed by atoms with E-state index in [2.05, 4.69) is 15.3 Å². The molecule has 1 amide bonds. The normalized spacial score (nSPS) is 14.1. The molecule has 1 aromatic carbocycles. The highest BCUT2D eigenvalue weighted by atomic mass is 19.4. The van der Waals surface area contributed by atoms with Crippen LogP contribution in [0, 0.1) is 0 Å². The molecule has 2 heterocycles. The van der Waals surface area contributed by atoms with Crippen LogP contribution in [0.15, 0.2) is 48.9 Å². The van der Waals surface area contributed by atoms with Gasteiger partial charge in [-0.1, -0.05) is 24.3 Å². The van der Waals surface area contributed by atoms with E-state index in [0.29, 0.717) is 5.39 Å². The predicted molar refractivity (Wildman–Crippen MR) is 91.9 cm³/mol. The van der Waals surface area contributed by atoms with E-state index in [1.165, 1.54) is 25.6 Å². The van der Waals surface area contributed by atoms with Gasteiger partial charge in [-0.2, -0.15) is 13.2 Å². The first-order valence-corrected chi connectivity index (χ1v) is 8.13. The second-order valence-corrected chi connectivity index (χ2v) is 6.11. The van der Waals surface area contributed by atoms with Crippen molar-refractivity contribution in [1.29, 1.82) is 0 Å². The second-order valence-electron chi connectivity index (χ2n) is 6.11. The summed E-state index contributed by atoms with van der Waals surface area (Å²) in [5.41, 5.74) is -3.06. The lowest BCUT2D eigenvalue weighted by atomic mass is 9.97. The lowest BCUT2D eigenvalue weighted by molar-refractivity contribution is -0.272. The Hall–Kier alpha value is -2.94. The van der Waals surface area contributed by atoms with Crippen LogP contribution in [0.25, 0.3) is 10.8 Å². The predicted octanol–water partition coefficient (Wildman–Crippen LogP) is 2.54. The quantitative estimate of drug-likeness (QED) is 0.715. The van der Waals surface area contributed by atoms with Crippen LogP contribution in [0.2, 0.25) is 0 Å². The van der Waals surface area contributed by atoms with Gasteiger partial charge in [0, 0.05) is 44.0 Å². The van der Waals surface area contributed by atoms with E-state index in [0.717, 1.165) is 9.95 Å². The third-order valence-electron chi connectivity index (χ3n) is 4.32. The number of alkyl halides is 3. The van der Waals surface area contributed by atoms with Crippen molar-refractivity contribution in [2.24, 2.45) is 7.05 Å². The first-order chi connectivity index (χ1) is 12.7. The summed E-state index contributed by atoms with van der Waals surface area (Å²) in [5, 5.41) is 14.1. The Morgan fingerprint density at radius 3 is 2.59 bits per heavy atom. The van der Waals surface area contributed by atoms with Crippen LogP contribution in [0.1, 0.15) is 22.7 Å². The molecule has 3 rings (SSSR count). The molecule has 0 spiro atoms. The highest BCUT2D eigenvalue weighted by Gasteiger charge is 2.57. The van der Waals surface area contributed by atoms with Crippen molar-refractivity contribution in [3.05, 3.63) is 60.4 Å². The van der Waals surface area contributed by atoms with E-state index in [1.807, 2.05) is 0 Å². The summed E-state index contributed by atoms with van der Waals surface area (Å²) in [5.74, 6) is -1.15. The SMILES string of the molecule is Cn1ccnc1C(O)(CCNC(=O)c1nccc2ccccc12)C(F)(F)F. The summed E-state index contributed by atoms with van der Waals surface area (Å²) >= 11 is 0. The number of nitrogens with zero attached hydrogens (tertiary/aromatic N) is 3. The summed E-state index contributed by atoms with van der Waals surface area (Å²) in [6.07, 6.45) is -1.79. The second kappa shape index (κ2) is 6.99. The van der Waals surface area contributed by atoms with Gasteiger partial charge in [-0.05, 0) is 11.5 Å². The largest absolute Gasteiger partial charge is 0.424 e. The van der Waals surface area contributed by atoms with E-state index in [-0.39, 0.29) is 5.69 Å². The molecule has 6 nitrogen and oxygen atoms in total. The Morgan fingerprint density at radius 2 is 1.93 bits per heavy atom. The van der Waals surface area contributed by atoms with Crippen LogP contribution >= 0.6 is 0 Å². The summed E-state index contributed by atoms with van der Waals surface area (Å²) in [7, 11) is 1.36. The summed E-state index contributed by atoms with van der Waals surface area (Å²) < 4.78 is 41.5. The van der Waals surface area contributed by atoms with E-state index in [9.17, 15) is 23.1 Å². The van der Waals surface area contributed by atoms with Gasteiger partial charge >= 0.3 is 6.18 Å². The molecule has 3 aromatic rings. The van der Waals surface area contributed by atoms with Gasteiger partial charge in [0.15, 0.2) is 0 Å². The fraction of sp³-hybridized carbons (Fsp3) is 0.278. The van der Waals surface area contributed by atoms with E-state index >= 15 is 0 Å². The zero-order chi connectivity index (χ0) is 19.7. The van der Waals surface area contributed by atoms with Crippen molar-refractivity contribution in [3.63, 3.8) is 0 Å². The minimum atomic E-state index is -4.95. The maximum absolute atomic E-state index is 13.5. The monoisotopic (exact) mass is 378 g/mol. The molecule has 0 aliphatic carbocycles. The number of hydrogen-bond acceptors (Lipinski definition) is 4. The Kier molecular flexibility index (Phi) is 4.88. The first kappa shape index (κ1) is 18.8. The molecule has 142 valence electrons. The molecule has 1 atom stereocenters. The molecule has 1 unspecified atom stereocenters. The van der Waals surface area contributed by atoms with E-state index in [4.69, 9.17) is 0 Å². The van der Waals surface area contributed by atoms with E-state index < -0.39 is 36.5 Å². The number of pyridine rings is 1. The van der Waals surface area contributed by atoms with Crippen LogP contribution in [-0.4, -0.2) is 38.3 Å². The number of imidazole rings is 1. The summed E-state index contributed by atoms with van der Waals surface area (Å²) in [6.45, 7) is -0.410.